The first-order valence-corrected chi connectivity index (χ1v) is 13.0. The average Bonchev–Trinajstić information content (AvgIpc) is 3.49. The van der Waals surface area contributed by atoms with Crippen LogP contribution in [0.25, 0.3) is 0 Å². The van der Waals surface area contributed by atoms with Crippen LogP contribution in [0.1, 0.15) is 17.2 Å². The zero-order valence-corrected chi connectivity index (χ0v) is 21.8. The molecule has 0 radical (unpaired) electrons. The topological polar surface area (TPSA) is 165 Å². The van der Waals surface area contributed by atoms with Gasteiger partial charge in [-0.3, -0.25) is 4.90 Å². The summed E-state index contributed by atoms with van der Waals surface area (Å²) in [4.78, 5) is 27.3. The first-order valence-electron chi connectivity index (χ1n) is 11.5. The maximum absolute atomic E-state index is 13.1. The van der Waals surface area contributed by atoms with E-state index in [0.29, 0.717) is 11.3 Å². The number of ether oxygens (including phenoxy) is 2. The standard InChI is InChI=1S/C27H24N4O7S/c1-36-26(32)23-22(17-7-4-3-5-8-17)21(15-28)25(29)31(24(23)27(33)37-2)18-10-12-20(13-11-18)39(34,35)30-16-19-9-6-14-38-19/h3-14,22,30H,16,29H2,1-2H3. The number of carbonyl (C=O) groups excluding carboxylic acids is 2. The molecule has 3 N–H and O–H groups in total. The van der Waals surface area contributed by atoms with Gasteiger partial charge in [0.15, 0.2) is 0 Å². The summed E-state index contributed by atoms with van der Waals surface area (Å²) in [5, 5.41) is 10.1. The van der Waals surface area contributed by atoms with E-state index in [1.807, 2.05) is 0 Å². The quantitative estimate of drug-likeness (QED) is 0.400. The third-order valence-corrected chi connectivity index (χ3v) is 7.45. The maximum Gasteiger partial charge on any atom is 0.355 e. The SMILES string of the molecule is COC(=O)C1=C(C(=O)OC)N(c2ccc(S(=O)(=O)NCc3ccco3)cc2)C(N)=C(C#N)C1c1ccccc1. The van der Waals surface area contributed by atoms with Crippen molar-refractivity contribution in [3.63, 3.8) is 0 Å². The van der Waals surface area contributed by atoms with Crippen LogP contribution in [0, 0.1) is 11.3 Å². The molecule has 2 aromatic carbocycles. The molecule has 0 amide bonds. The Morgan fingerprint density at radius 1 is 1.03 bits per heavy atom. The number of anilines is 1. The predicted octanol–water partition coefficient (Wildman–Crippen LogP) is 2.66. The van der Waals surface area contributed by atoms with E-state index in [0.717, 1.165) is 14.2 Å². The molecule has 200 valence electrons. The van der Waals surface area contributed by atoms with E-state index in [1.165, 1.54) is 35.4 Å². The lowest BCUT2D eigenvalue weighted by molar-refractivity contribution is -0.139. The molecule has 0 spiro atoms. The Bertz CT molecular complexity index is 1590. The maximum atomic E-state index is 13.1. The van der Waals surface area contributed by atoms with Crippen molar-refractivity contribution >= 4 is 27.6 Å². The van der Waals surface area contributed by atoms with Crippen LogP contribution in [0.5, 0.6) is 0 Å². The van der Waals surface area contributed by atoms with E-state index in [9.17, 15) is 23.3 Å². The van der Waals surface area contributed by atoms with Crippen molar-refractivity contribution in [2.75, 3.05) is 19.1 Å². The summed E-state index contributed by atoms with van der Waals surface area (Å²) in [6.45, 7) is -0.0526. The first kappa shape index (κ1) is 27.2. The second-order valence-corrected chi connectivity index (χ2v) is 10.0. The highest BCUT2D eigenvalue weighted by Crippen LogP contribution is 2.43. The highest BCUT2D eigenvalue weighted by atomic mass is 32.2. The van der Waals surface area contributed by atoms with Gasteiger partial charge in [-0.2, -0.15) is 5.26 Å². The largest absolute Gasteiger partial charge is 0.468 e. The Hall–Kier alpha value is -4.86. The molecular weight excluding hydrogens is 524 g/mol. The van der Waals surface area contributed by atoms with Gasteiger partial charge in [-0.1, -0.05) is 30.3 Å². The van der Waals surface area contributed by atoms with Gasteiger partial charge in [0.05, 0.1) is 55.1 Å². The van der Waals surface area contributed by atoms with Crippen molar-refractivity contribution < 1.29 is 31.9 Å². The second-order valence-electron chi connectivity index (χ2n) is 8.23. The van der Waals surface area contributed by atoms with Crippen LogP contribution in [-0.2, 0) is 35.6 Å². The minimum absolute atomic E-state index is 0.00827. The van der Waals surface area contributed by atoms with Crippen LogP contribution < -0.4 is 15.4 Å². The van der Waals surface area contributed by atoms with Gasteiger partial charge in [0.1, 0.15) is 17.3 Å². The third kappa shape index (κ3) is 5.26. The fourth-order valence-electron chi connectivity index (χ4n) is 4.22. The molecule has 1 aromatic heterocycles. The number of carbonyl (C=O) groups is 2. The third-order valence-electron chi connectivity index (χ3n) is 6.03. The number of benzene rings is 2. The van der Waals surface area contributed by atoms with Gasteiger partial charge < -0.3 is 19.6 Å². The lowest BCUT2D eigenvalue weighted by Gasteiger charge is -2.35. The number of nitrogens with two attached hydrogens (primary N) is 1. The fraction of sp³-hybridized carbons (Fsp3) is 0.148. The van der Waals surface area contributed by atoms with Crippen LogP contribution in [0.3, 0.4) is 0 Å². The Morgan fingerprint density at radius 3 is 2.26 bits per heavy atom. The summed E-state index contributed by atoms with van der Waals surface area (Å²) in [5.41, 5.74) is 6.77. The van der Waals surface area contributed by atoms with E-state index < -0.39 is 27.9 Å². The zero-order chi connectivity index (χ0) is 28.2. The van der Waals surface area contributed by atoms with E-state index in [1.54, 1.807) is 42.5 Å². The lowest BCUT2D eigenvalue weighted by Crippen LogP contribution is -2.40. The molecule has 12 heteroatoms. The molecule has 0 saturated heterocycles. The molecule has 1 aliphatic heterocycles. The monoisotopic (exact) mass is 548 g/mol. The van der Waals surface area contributed by atoms with E-state index >= 15 is 0 Å². The molecule has 0 aliphatic carbocycles. The van der Waals surface area contributed by atoms with Crippen molar-refractivity contribution in [2.24, 2.45) is 5.73 Å². The van der Waals surface area contributed by atoms with Crippen LogP contribution in [-0.4, -0.2) is 34.6 Å². The van der Waals surface area contributed by atoms with Crippen LogP contribution in [0.4, 0.5) is 5.69 Å². The molecule has 4 rings (SSSR count). The van der Waals surface area contributed by atoms with Crippen molar-refractivity contribution in [3.8, 4) is 6.07 Å². The fourth-order valence-corrected chi connectivity index (χ4v) is 5.21. The van der Waals surface area contributed by atoms with Gasteiger partial charge in [0.2, 0.25) is 10.0 Å². The number of sulfonamides is 1. The van der Waals surface area contributed by atoms with Gasteiger partial charge in [0.25, 0.3) is 0 Å². The Balaban J connectivity index is 1.83. The number of methoxy groups -OCH3 is 2. The number of hydrogen-bond donors (Lipinski definition) is 2. The highest BCUT2D eigenvalue weighted by molar-refractivity contribution is 7.89. The van der Waals surface area contributed by atoms with Crippen molar-refractivity contribution in [1.82, 2.24) is 4.72 Å². The summed E-state index contributed by atoms with van der Waals surface area (Å²) in [5.74, 6) is -2.49. The summed E-state index contributed by atoms with van der Waals surface area (Å²) in [6.07, 6.45) is 1.43. The Kier molecular flexibility index (Phi) is 7.85. The number of furan rings is 1. The van der Waals surface area contributed by atoms with E-state index in [2.05, 4.69) is 10.8 Å². The van der Waals surface area contributed by atoms with E-state index in [4.69, 9.17) is 19.6 Å². The number of rotatable bonds is 8. The van der Waals surface area contributed by atoms with Gasteiger partial charge in [-0.25, -0.2) is 22.7 Å². The molecule has 1 aliphatic rings. The molecule has 11 nitrogen and oxygen atoms in total. The van der Waals surface area contributed by atoms with Crippen molar-refractivity contribution in [2.45, 2.75) is 17.4 Å². The van der Waals surface area contributed by atoms with Gasteiger partial charge >= 0.3 is 11.9 Å². The van der Waals surface area contributed by atoms with Crippen LogP contribution in [0.2, 0.25) is 0 Å². The number of nitrogens with zero attached hydrogens (tertiary/aromatic N) is 2. The molecule has 0 saturated carbocycles. The van der Waals surface area contributed by atoms with Crippen molar-refractivity contribution in [1.29, 1.82) is 5.26 Å². The first-order chi connectivity index (χ1) is 18.7. The number of nitriles is 1. The molecular formula is C27H24N4O7S. The van der Waals surface area contributed by atoms with Crippen molar-refractivity contribution in [3.05, 3.63) is 107 Å². The molecule has 1 unspecified atom stereocenters. The molecule has 2 heterocycles. The summed E-state index contributed by atoms with van der Waals surface area (Å²) >= 11 is 0. The number of nitrogens with one attached hydrogen (secondary N) is 1. The summed E-state index contributed by atoms with van der Waals surface area (Å²) in [7, 11) is -1.63. The Labute approximate surface area is 224 Å². The molecule has 3 aromatic rings. The normalized spacial score (nSPS) is 15.6. The lowest BCUT2D eigenvalue weighted by atomic mass is 9.81. The van der Waals surface area contributed by atoms with Crippen LogP contribution >= 0.6 is 0 Å². The minimum atomic E-state index is -3.92. The smallest absolute Gasteiger partial charge is 0.355 e. The van der Waals surface area contributed by atoms with Gasteiger partial charge in [0, 0.05) is 5.69 Å². The molecule has 0 bridgehead atoms. The highest BCUT2D eigenvalue weighted by Gasteiger charge is 2.43. The predicted molar refractivity (Wildman–Crippen MR) is 139 cm³/mol. The molecule has 39 heavy (non-hydrogen) atoms. The minimum Gasteiger partial charge on any atom is -0.468 e. The van der Waals surface area contributed by atoms with Gasteiger partial charge in [-0.15, -0.1) is 0 Å². The molecule has 0 fully saturated rings. The summed E-state index contributed by atoms with van der Waals surface area (Å²) in [6, 6.07) is 19.3. The second kappa shape index (κ2) is 11.3. The van der Waals surface area contributed by atoms with E-state index in [-0.39, 0.29) is 39.8 Å². The zero-order valence-electron chi connectivity index (χ0n) is 21.0. The number of allylic oxidation sites excluding steroid dienone is 1. The number of esters is 2. The molecule has 1 atom stereocenters. The summed E-state index contributed by atoms with van der Waals surface area (Å²) < 4.78 is 43.2. The van der Waals surface area contributed by atoms with Crippen LogP contribution in [0.15, 0.2) is 105 Å². The average molecular weight is 549 g/mol. The Morgan fingerprint density at radius 2 is 1.69 bits per heavy atom. The van der Waals surface area contributed by atoms with Gasteiger partial charge in [-0.05, 0) is 42.0 Å². The number of hydrogen-bond acceptors (Lipinski definition) is 10.